The second kappa shape index (κ2) is 5.51. The minimum absolute atomic E-state index is 0.0242. The highest BCUT2D eigenvalue weighted by atomic mass is 16.1. The van der Waals surface area contributed by atoms with Crippen LogP contribution in [-0.4, -0.2) is 18.5 Å². The van der Waals surface area contributed by atoms with E-state index in [1.54, 1.807) is 0 Å². The maximum atomic E-state index is 11.7. The molecule has 1 rings (SSSR count). The molecule has 0 radical (unpaired) electrons. The van der Waals surface area contributed by atoms with Crippen LogP contribution in [0.25, 0.3) is 0 Å². The van der Waals surface area contributed by atoms with E-state index in [1.165, 1.54) is 0 Å². The zero-order chi connectivity index (χ0) is 11.3. The highest BCUT2D eigenvalue weighted by Gasteiger charge is 2.06. The monoisotopic (exact) mass is 206 g/mol. The van der Waals surface area contributed by atoms with Crippen molar-refractivity contribution in [3.63, 3.8) is 0 Å². The van der Waals surface area contributed by atoms with Crippen LogP contribution in [0.3, 0.4) is 0 Å². The van der Waals surface area contributed by atoms with Gasteiger partial charge in [0, 0.05) is 11.6 Å². The molecule has 0 saturated heterocycles. The van der Waals surface area contributed by atoms with Crippen molar-refractivity contribution in [1.29, 1.82) is 0 Å². The zero-order valence-corrected chi connectivity index (χ0v) is 9.29. The summed E-state index contributed by atoms with van der Waals surface area (Å²) in [4.78, 5) is 11.7. The van der Waals surface area contributed by atoms with Gasteiger partial charge < -0.3 is 11.1 Å². The molecule has 1 aromatic rings. The van der Waals surface area contributed by atoms with E-state index in [4.69, 9.17) is 5.73 Å². The largest absolute Gasteiger partial charge is 0.350 e. The third-order valence-electron chi connectivity index (χ3n) is 2.04. The number of carbonyl (C=O) groups excluding carboxylic acids is 1. The Hall–Kier alpha value is -1.35. The Bertz CT molecular complexity index is 334. The first kappa shape index (κ1) is 11.7. The highest BCUT2D eigenvalue weighted by molar-refractivity contribution is 5.94. The smallest absolute Gasteiger partial charge is 0.251 e. The number of nitrogens with one attached hydrogen (secondary N) is 1. The molecule has 82 valence electrons. The van der Waals surface area contributed by atoms with Crippen LogP contribution in [0.5, 0.6) is 0 Å². The molecule has 15 heavy (non-hydrogen) atoms. The normalized spacial score (nSPS) is 10.4. The molecule has 0 saturated carbocycles. The fourth-order valence-corrected chi connectivity index (χ4v) is 1.38. The molecule has 0 aromatic heterocycles. The van der Waals surface area contributed by atoms with E-state index >= 15 is 0 Å². The van der Waals surface area contributed by atoms with E-state index in [0.717, 1.165) is 12.0 Å². The predicted molar refractivity (Wildman–Crippen MR) is 61.8 cm³/mol. The topological polar surface area (TPSA) is 55.1 Å². The Morgan fingerprint density at radius 3 is 2.80 bits per heavy atom. The van der Waals surface area contributed by atoms with Gasteiger partial charge in [0.05, 0.1) is 0 Å². The van der Waals surface area contributed by atoms with E-state index < -0.39 is 0 Å². The van der Waals surface area contributed by atoms with E-state index in [1.807, 2.05) is 38.1 Å². The lowest BCUT2D eigenvalue weighted by molar-refractivity contribution is 0.0943. The van der Waals surface area contributed by atoms with Crippen LogP contribution in [0, 0.1) is 0 Å². The third kappa shape index (κ3) is 3.72. The molecule has 0 aliphatic rings. The molecule has 0 atom stereocenters. The third-order valence-corrected chi connectivity index (χ3v) is 2.04. The molecule has 3 heteroatoms. The summed E-state index contributed by atoms with van der Waals surface area (Å²) < 4.78 is 0. The quantitative estimate of drug-likeness (QED) is 0.780. The average molecular weight is 206 g/mol. The van der Waals surface area contributed by atoms with E-state index in [9.17, 15) is 4.79 Å². The van der Waals surface area contributed by atoms with Crippen molar-refractivity contribution in [3.8, 4) is 0 Å². The first-order chi connectivity index (χ1) is 7.13. The fraction of sp³-hybridized carbons (Fsp3) is 0.417. The summed E-state index contributed by atoms with van der Waals surface area (Å²) in [5.41, 5.74) is 7.28. The van der Waals surface area contributed by atoms with Crippen LogP contribution in [0.2, 0.25) is 0 Å². The van der Waals surface area contributed by atoms with Crippen molar-refractivity contribution in [2.24, 2.45) is 5.73 Å². The van der Waals surface area contributed by atoms with Crippen LogP contribution in [0.15, 0.2) is 24.3 Å². The number of hydrogen-bond donors (Lipinski definition) is 2. The van der Waals surface area contributed by atoms with Gasteiger partial charge in [0.25, 0.3) is 5.91 Å². The standard InChI is InChI=1S/C12H18N2O/c1-9(2)14-12(15)11-5-3-4-10(8-11)6-7-13/h3-5,8-9H,6-7,13H2,1-2H3,(H,14,15). The van der Waals surface area contributed by atoms with Gasteiger partial charge >= 0.3 is 0 Å². The van der Waals surface area contributed by atoms with Crippen molar-refractivity contribution in [2.45, 2.75) is 26.3 Å². The lowest BCUT2D eigenvalue weighted by Gasteiger charge is -2.09. The van der Waals surface area contributed by atoms with Gasteiger partial charge in [0.1, 0.15) is 0 Å². The molecule has 3 N–H and O–H groups in total. The SMILES string of the molecule is CC(C)NC(=O)c1cccc(CCN)c1. The second-order valence-corrected chi connectivity index (χ2v) is 3.87. The molecule has 0 aliphatic heterocycles. The minimum atomic E-state index is -0.0242. The summed E-state index contributed by atoms with van der Waals surface area (Å²) in [7, 11) is 0. The molecular weight excluding hydrogens is 188 g/mol. The second-order valence-electron chi connectivity index (χ2n) is 3.87. The Kier molecular flexibility index (Phi) is 4.31. The zero-order valence-electron chi connectivity index (χ0n) is 9.29. The molecule has 1 aromatic carbocycles. The van der Waals surface area contributed by atoms with Gasteiger partial charge in [-0.3, -0.25) is 4.79 Å². The van der Waals surface area contributed by atoms with E-state index in [0.29, 0.717) is 12.1 Å². The molecule has 0 heterocycles. The summed E-state index contributed by atoms with van der Waals surface area (Å²) in [6.45, 7) is 4.50. The van der Waals surface area contributed by atoms with Crippen molar-refractivity contribution < 1.29 is 4.79 Å². The van der Waals surface area contributed by atoms with Gasteiger partial charge in [-0.25, -0.2) is 0 Å². The maximum Gasteiger partial charge on any atom is 0.251 e. The fourth-order valence-electron chi connectivity index (χ4n) is 1.38. The van der Waals surface area contributed by atoms with Gasteiger partial charge in [-0.05, 0) is 44.5 Å². The predicted octanol–water partition coefficient (Wildman–Crippen LogP) is 1.33. The lowest BCUT2D eigenvalue weighted by Crippen LogP contribution is -2.30. The van der Waals surface area contributed by atoms with Crippen LogP contribution < -0.4 is 11.1 Å². The van der Waals surface area contributed by atoms with Gasteiger partial charge in [0.15, 0.2) is 0 Å². The van der Waals surface area contributed by atoms with Crippen molar-refractivity contribution in [3.05, 3.63) is 35.4 Å². The van der Waals surface area contributed by atoms with Crippen LogP contribution >= 0.6 is 0 Å². The minimum Gasteiger partial charge on any atom is -0.350 e. The molecular formula is C12H18N2O. The van der Waals surface area contributed by atoms with Crippen LogP contribution in [0.1, 0.15) is 29.8 Å². The molecule has 0 unspecified atom stereocenters. The Morgan fingerprint density at radius 2 is 2.20 bits per heavy atom. The summed E-state index contributed by atoms with van der Waals surface area (Å²) in [5.74, 6) is -0.0242. The molecule has 0 aliphatic carbocycles. The van der Waals surface area contributed by atoms with Gasteiger partial charge in [-0.15, -0.1) is 0 Å². The summed E-state index contributed by atoms with van der Waals surface area (Å²) in [6.07, 6.45) is 0.808. The van der Waals surface area contributed by atoms with Crippen molar-refractivity contribution in [2.75, 3.05) is 6.54 Å². The molecule has 0 fully saturated rings. The first-order valence-electron chi connectivity index (χ1n) is 5.23. The number of benzene rings is 1. The van der Waals surface area contributed by atoms with Crippen LogP contribution in [0.4, 0.5) is 0 Å². The Morgan fingerprint density at radius 1 is 1.47 bits per heavy atom. The van der Waals surface area contributed by atoms with E-state index in [-0.39, 0.29) is 11.9 Å². The lowest BCUT2D eigenvalue weighted by atomic mass is 10.1. The summed E-state index contributed by atoms with van der Waals surface area (Å²) in [5, 5.41) is 2.86. The number of amides is 1. The molecule has 1 amide bonds. The number of carbonyl (C=O) groups is 1. The summed E-state index contributed by atoms with van der Waals surface area (Å²) in [6, 6.07) is 7.75. The average Bonchev–Trinajstić information content (AvgIpc) is 2.17. The molecule has 0 bridgehead atoms. The Labute approximate surface area is 90.7 Å². The van der Waals surface area contributed by atoms with Gasteiger partial charge in [0.2, 0.25) is 0 Å². The van der Waals surface area contributed by atoms with Gasteiger partial charge in [-0.2, -0.15) is 0 Å². The number of rotatable bonds is 4. The van der Waals surface area contributed by atoms with Gasteiger partial charge in [-0.1, -0.05) is 12.1 Å². The maximum absolute atomic E-state index is 11.7. The number of nitrogens with two attached hydrogens (primary N) is 1. The van der Waals surface area contributed by atoms with Crippen molar-refractivity contribution >= 4 is 5.91 Å². The number of hydrogen-bond acceptors (Lipinski definition) is 2. The Balaban J connectivity index is 2.76. The first-order valence-corrected chi connectivity index (χ1v) is 5.23. The molecule has 3 nitrogen and oxygen atoms in total. The highest BCUT2D eigenvalue weighted by Crippen LogP contribution is 2.05. The molecule has 0 spiro atoms. The van der Waals surface area contributed by atoms with Crippen molar-refractivity contribution in [1.82, 2.24) is 5.32 Å². The van der Waals surface area contributed by atoms with E-state index in [2.05, 4.69) is 5.32 Å². The van der Waals surface area contributed by atoms with Crippen LogP contribution in [-0.2, 0) is 6.42 Å². The summed E-state index contributed by atoms with van der Waals surface area (Å²) >= 11 is 0.